The topological polar surface area (TPSA) is 60.7 Å². The predicted molar refractivity (Wildman–Crippen MR) is 38.6 cm³/mol. The van der Waals surface area contributed by atoms with Crippen LogP contribution in [0.15, 0.2) is 0 Å². The predicted octanol–water partition coefficient (Wildman–Crippen LogP) is -0.253. The molecule has 0 aromatic carbocycles. The molecule has 3 nitrogen and oxygen atoms in total. The van der Waals surface area contributed by atoms with Crippen LogP contribution in [-0.2, 0) is 0 Å². The summed E-state index contributed by atoms with van der Waals surface area (Å²) in [6.45, 7) is 3.40. The van der Waals surface area contributed by atoms with E-state index in [9.17, 15) is 0 Å². The van der Waals surface area contributed by atoms with E-state index in [1.165, 1.54) is 0 Å². The Bertz CT molecular complexity index is 82.9. The monoisotopic (exact) mass is 148 g/mol. The summed E-state index contributed by atoms with van der Waals surface area (Å²) < 4.78 is 0. The van der Waals surface area contributed by atoms with Gasteiger partial charge in [-0.05, 0) is 19.3 Å². The fraction of sp³-hybridized carbons (Fsp3) is 1.00. The first kappa shape index (κ1) is 9.88. The number of aliphatic hydroxyl groups excluding tert-OH is 3. The number of aliphatic hydroxyl groups is 3. The highest BCUT2D eigenvalue weighted by atomic mass is 16.3. The number of hydrogen-bond acceptors (Lipinski definition) is 3. The summed E-state index contributed by atoms with van der Waals surface area (Å²) >= 11 is 0. The largest absolute Gasteiger partial charge is 0.396 e. The summed E-state index contributed by atoms with van der Waals surface area (Å²) in [6.07, 6.45) is -0.889. The molecule has 0 spiro atoms. The van der Waals surface area contributed by atoms with Crippen molar-refractivity contribution in [3.63, 3.8) is 0 Å². The van der Waals surface area contributed by atoms with Crippen LogP contribution in [0.3, 0.4) is 0 Å². The zero-order valence-electron chi connectivity index (χ0n) is 6.49. The number of hydrogen-bond donors (Lipinski definition) is 3. The molecule has 3 unspecified atom stereocenters. The van der Waals surface area contributed by atoms with Gasteiger partial charge < -0.3 is 15.3 Å². The van der Waals surface area contributed by atoms with Crippen molar-refractivity contribution in [2.75, 3.05) is 6.61 Å². The van der Waals surface area contributed by atoms with Crippen LogP contribution in [0.2, 0.25) is 0 Å². The molecule has 0 aliphatic carbocycles. The molecule has 0 rings (SSSR count). The lowest BCUT2D eigenvalue weighted by atomic mass is 9.98. The molecule has 3 heteroatoms. The minimum absolute atomic E-state index is 0.0370. The fourth-order valence-corrected chi connectivity index (χ4v) is 0.850. The standard InChI is InChI=1S/C7H16O3/c1-5(3-4-8)7(10)6(2)9/h5-10H,3-4H2,1-2H3. The molecular weight excluding hydrogens is 132 g/mol. The Labute approximate surface area is 61.3 Å². The van der Waals surface area contributed by atoms with Gasteiger partial charge in [-0.15, -0.1) is 0 Å². The van der Waals surface area contributed by atoms with Crippen LogP contribution < -0.4 is 0 Å². The molecule has 0 fully saturated rings. The first-order chi connectivity index (χ1) is 4.59. The van der Waals surface area contributed by atoms with Gasteiger partial charge in [-0.1, -0.05) is 6.92 Å². The van der Waals surface area contributed by atoms with Crippen molar-refractivity contribution < 1.29 is 15.3 Å². The second kappa shape index (κ2) is 4.66. The zero-order valence-corrected chi connectivity index (χ0v) is 6.49. The van der Waals surface area contributed by atoms with E-state index in [2.05, 4.69) is 0 Å². The molecule has 0 amide bonds. The maximum Gasteiger partial charge on any atom is 0.0822 e. The van der Waals surface area contributed by atoms with Crippen molar-refractivity contribution in [3.8, 4) is 0 Å². The van der Waals surface area contributed by atoms with Crippen molar-refractivity contribution in [1.29, 1.82) is 0 Å². The van der Waals surface area contributed by atoms with E-state index < -0.39 is 12.2 Å². The average Bonchev–Trinajstić information content (AvgIpc) is 1.87. The third-order valence-corrected chi connectivity index (χ3v) is 1.66. The van der Waals surface area contributed by atoms with Crippen molar-refractivity contribution >= 4 is 0 Å². The van der Waals surface area contributed by atoms with Crippen molar-refractivity contribution in [2.24, 2.45) is 5.92 Å². The summed E-state index contributed by atoms with van der Waals surface area (Å²) in [4.78, 5) is 0. The quantitative estimate of drug-likeness (QED) is 0.515. The Balaban J connectivity index is 3.58. The Kier molecular flexibility index (Phi) is 4.60. The molecule has 0 aromatic rings. The Hall–Kier alpha value is -0.120. The van der Waals surface area contributed by atoms with E-state index in [-0.39, 0.29) is 12.5 Å². The maximum absolute atomic E-state index is 9.16. The van der Waals surface area contributed by atoms with E-state index in [1.807, 2.05) is 0 Å². The van der Waals surface area contributed by atoms with Gasteiger partial charge in [0.15, 0.2) is 0 Å². The van der Waals surface area contributed by atoms with Crippen LogP contribution >= 0.6 is 0 Å². The van der Waals surface area contributed by atoms with Crippen molar-refractivity contribution in [2.45, 2.75) is 32.5 Å². The minimum atomic E-state index is -0.716. The van der Waals surface area contributed by atoms with Gasteiger partial charge in [0, 0.05) is 6.61 Å². The molecule has 0 saturated carbocycles. The van der Waals surface area contributed by atoms with Crippen LogP contribution in [0.25, 0.3) is 0 Å². The number of rotatable bonds is 4. The van der Waals surface area contributed by atoms with Gasteiger partial charge in [0.25, 0.3) is 0 Å². The third-order valence-electron chi connectivity index (χ3n) is 1.66. The first-order valence-electron chi connectivity index (χ1n) is 3.56. The normalized spacial score (nSPS) is 20.1. The summed E-state index contributed by atoms with van der Waals surface area (Å²) in [6, 6.07) is 0. The first-order valence-corrected chi connectivity index (χ1v) is 3.56. The van der Waals surface area contributed by atoms with Crippen LogP contribution in [0, 0.1) is 5.92 Å². The van der Waals surface area contributed by atoms with Gasteiger partial charge in [-0.2, -0.15) is 0 Å². The van der Waals surface area contributed by atoms with Gasteiger partial charge >= 0.3 is 0 Å². The molecule has 0 aliphatic heterocycles. The fourth-order valence-electron chi connectivity index (χ4n) is 0.850. The molecule has 10 heavy (non-hydrogen) atoms. The summed E-state index contributed by atoms with van der Waals surface area (Å²) in [7, 11) is 0. The van der Waals surface area contributed by atoms with Crippen molar-refractivity contribution in [3.05, 3.63) is 0 Å². The van der Waals surface area contributed by atoms with E-state index in [0.717, 1.165) is 0 Å². The van der Waals surface area contributed by atoms with Crippen LogP contribution in [0.1, 0.15) is 20.3 Å². The summed E-state index contributed by atoms with van der Waals surface area (Å²) in [5.41, 5.74) is 0. The van der Waals surface area contributed by atoms with Gasteiger partial charge in [0.1, 0.15) is 0 Å². The van der Waals surface area contributed by atoms with Crippen LogP contribution in [-0.4, -0.2) is 34.1 Å². The lowest BCUT2D eigenvalue weighted by molar-refractivity contribution is -0.00815. The Morgan fingerprint density at radius 3 is 2.00 bits per heavy atom. The van der Waals surface area contributed by atoms with Gasteiger partial charge in [-0.3, -0.25) is 0 Å². The third kappa shape index (κ3) is 3.15. The lowest BCUT2D eigenvalue weighted by Crippen LogP contribution is -2.30. The smallest absolute Gasteiger partial charge is 0.0822 e. The van der Waals surface area contributed by atoms with E-state index >= 15 is 0 Å². The molecule has 0 heterocycles. The lowest BCUT2D eigenvalue weighted by Gasteiger charge is -2.19. The molecule has 0 saturated heterocycles. The van der Waals surface area contributed by atoms with Gasteiger partial charge in [-0.25, -0.2) is 0 Å². The second-order valence-electron chi connectivity index (χ2n) is 2.72. The van der Waals surface area contributed by atoms with Crippen molar-refractivity contribution in [1.82, 2.24) is 0 Å². The Morgan fingerprint density at radius 1 is 1.20 bits per heavy atom. The molecular formula is C7H16O3. The molecule has 3 atom stereocenters. The van der Waals surface area contributed by atoms with Gasteiger partial charge in [0.2, 0.25) is 0 Å². The molecule has 3 N–H and O–H groups in total. The zero-order chi connectivity index (χ0) is 8.15. The molecule has 0 bridgehead atoms. The second-order valence-corrected chi connectivity index (χ2v) is 2.72. The highest BCUT2D eigenvalue weighted by molar-refractivity contribution is 4.68. The molecule has 0 aromatic heterocycles. The highest BCUT2D eigenvalue weighted by Crippen LogP contribution is 2.10. The van der Waals surface area contributed by atoms with E-state index in [4.69, 9.17) is 15.3 Å². The maximum atomic E-state index is 9.16. The summed E-state index contributed by atoms with van der Waals surface area (Å²) in [5.74, 6) is -0.0370. The Morgan fingerprint density at radius 2 is 1.70 bits per heavy atom. The highest BCUT2D eigenvalue weighted by Gasteiger charge is 2.17. The average molecular weight is 148 g/mol. The summed E-state index contributed by atoms with van der Waals surface area (Å²) in [5, 5.41) is 26.5. The SMILES string of the molecule is CC(O)C(O)C(C)CCO. The van der Waals surface area contributed by atoms with E-state index in [0.29, 0.717) is 6.42 Å². The molecule has 0 radical (unpaired) electrons. The minimum Gasteiger partial charge on any atom is -0.396 e. The van der Waals surface area contributed by atoms with E-state index in [1.54, 1.807) is 13.8 Å². The van der Waals surface area contributed by atoms with Gasteiger partial charge in [0.05, 0.1) is 12.2 Å². The van der Waals surface area contributed by atoms with Crippen LogP contribution in [0.4, 0.5) is 0 Å². The van der Waals surface area contributed by atoms with Crippen LogP contribution in [0.5, 0.6) is 0 Å². The molecule has 62 valence electrons. The molecule has 0 aliphatic rings.